The lowest BCUT2D eigenvalue weighted by Crippen LogP contribution is -2.48. The average Bonchev–Trinajstić information content (AvgIpc) is 2.62. The first-order valence-electron chi connectivity index (χ1n) is 4.09. The van der Waals surface area contributed by atoms with Gasteiger partial charge in [0.1, 0.15) is 0 Å². The van der Waals surface area contributed by atoms with Gasteiger partial charge in [-0.2, -0.15) is 0 Å². The molecule has 0 aromatic heterocycles. The van der Waals surface area contributed by atoms with Crippen LogP contribution in [0, 0.1) is 0 Å². The summed E-state index contributed by atoms with van der Waals surface area (Å²) < 4.78 is 11.1. The quantitative estimate of drug-likeness (QED) is 0.516. The number of ether oxygens (including phenoxy) is 2. The summed E-state index contributed by atoms with van der Waals surface area (Å²) in [5.41, 5.74) is 5.57. The van der Waals surface area contributed by atoms with Crippen LogP contribution in [-0.4, -0.2) is 38.1 Å². The van der Waals surface area contributed by atoms with E-state index in [9.17, 15) is 0 Å². The smallest absolute Gasteiger partial charge is 0.186 e. The molecule has 2 aliphatic rings. The largest absolute Gasteiger partial charge is 0.346 e. The van der Waals surface area contributed by atoms with Gasteiger partial charge in [0.15, 0.2) is 5.79 Å². The predicted molar refractivity (Wildman–Crippen MR) is 40.1 cm³/mol. The summed E-state index contributed by atoms with van der Waals surface area (Å²) in [7, 11) is 0. The number of hydrogen-bond donors (Lipinski definition) is 2. The van der Waals surface area contributed by atoms with Crippen LogP contribution in [0.15, 0.2) is 0 Å². The van der Waals surface area contributed by atoms with Crippen LogP contribution in [0.1, 0.15) is 6.42 Å². The van der Waals surface area contributed by atoms with Crippen LogP contribution in [0.5, 0.6) is 0 Å². The molecule has 2 saturated heterocycles. The molecule has 11 heavy (non-hydrogen) atoms. The third kappa shape index (κ3) is 1.06. The Balaban J connectivity index is 2.09. The molecule has 2 aliphatic heterocycles. The summed E-state index contributed by atoms with van der Waals surface area (Å²) in [6.45, 7) is 2.94. The third-order valence-corrected chi connectivity index (χ3v) is 2.41. The minimum atomic E-state index is -0.380. The fourth-order valence-electron chi connectivity index (χ4n) is 1.83. The molecule has 4 heteroatoms. The van der Waals surface area contributed by atoms with E-state index in [4.69, 9.17) is 15.2 Å². The zero-order chi connectivity index (χ0) is 7.73. The molecule has 0 amide bonds. The SMILES string of the molecule is NCC1NCCC12OCCO2. The van der Waals surface area contributed by atoms with Crippen molar-refractivity contribution in [1.29, 1.82) is 0 Å². The lowest BCUT2D eigenvalue weighted by atomic mass is 10.1. The molecular weight excluding hydrogens is 144 g/mol. The average molecular weight is 158 g/mol. The Hall–Kier alpha value is -0.160. The molecule has 0 bridgehead atoms. The number of nitrogens with one attached hydrogen (secondary N) is 1. The molecule has 0 aromatic rings. The van der Waals surface area contributed by atoms with Gasteiger partial charge in [-0.25, -0.2) is 0 Å². The molecule has 0 radical (unpaired) electrons. The molecule has 0 saturated carbocycles. The van der Waals surface area contributed by atoms with E-state index in [1.54, 1.807) is 0 Å². The molecular formula is C7H14N2O2. The van der Waals surface area contributed by atoms with Crippen molar-refractivity contribution < 1.29 is 9.47 Å². The topological polar surface area (TPSA) is 56.5 Å². The van der Waals surface area contributed by atoms with Crippen LogP contribution in [0.2, 0.25) is 0 Å². The van der Waals surface area contributed by atoms with Crippen LogP contribution >= 0.6 is 0 Å². The zero-order valence-corrected chi connectivity index (χ0v) is 6.51. The highest BCUT2D eigenvalue weighted by atomic mass is 16.7. The van der Waals surface area contributed by atoms with Crippen molar-refractivity contribution in [3.05, 3.63) is 0 Å². The molecule has 1 unspecified atom stereocenters. The van der Waals surface area contributed by atoms with Gasteiger partial charge < -0.3 is 20.5 Å². The van der Waals surface area contributed by atoms with Crippen LogP contribution in [0.25, 0.3) is 0 Å². The summed E-state index contributed by atoms with van der Waals surface area (Å²) in [5, 5.41) is 3.26. The third-order valence-electron chi connectivity index (χ3n) is 2.41. The van der Waals surface area contributed by atoms with Gasteiger partial charge in [-0.3, -0.25) is 0 Å². The van der Waals surface area contributed by atoms with E-state index in [2.05, 4.69) is 5.32 Å². The van der Waals surface area contributed by atoms with Crippen LogP contribution in [0.3, 0.4) is 0 Å². The van der Waals surface area contributed by atoms with Crippen molar-refractivity contribution in [3.63, 3.8) is 0 Å². The predicted octanol–water partition coefficient (Wildman–Crippen LogP) is -0.950. The fraction of sp³-hybridized carbons (Fsp3) is 1.00. The molecule has 1 atom stereocenters. The molecule has 2 heterocycles. The summed E-state index contributed by atoms with van der Waals surface area (Å²) in [6, 6.07) is 0.185. The van der Waals surface area contributed by atoms with Gasteiger partial charge in [-0.1, -0.05) is 0 Å². The van der Waals surface area contributed by atoms with Gasteiger partial charge in [0.25, 0.3) is 0 Å². The Bertz CT molecular complexity index is 140. The second-order valence-electron chi connectivity index (χ2n) is 3.00. The fourth-order valence-corrected chi connectivity index (χ4v) is 1.83. The van der Waals surface area contributed by atoms with Gasteiger partial charge in [0.2, 0.25) is 0 Å². The second-order valence-corrected chi connectivity index (χ2v) is 3.00. The highest BCUT2D eigenvalue weighted by Crippen LogP contribution is 2.30. The molecule has 64 valence electrons. The standard InChI is InChI=1S/C7H14N2O2/c8-5-6-7(1-2-9-6)10-3-4-11-7/h6,9H,1-5,8H2. The summed E-state index contributed by atoms with van der Waals surface area (Å²) >= 11 is 0. The number of nitrogens with two attached hydrogens (primary N) is 1. The minimum Gasteiger partial charge on any atom is -0.346 e. The van der Waals surface area contributed by atoms with E-state index in [-0.39, 0.29) is 11.8 Å². The van der Waals surface area contributed by atoms with Crippen molar-refractivity contribution in [2.24, 2.45) is 5.73 Å². The maximum atomic E-state index is 5.57. The molecule has 3 N–H and O–H groups in total. The minimum absolute atomic E-state index is 0.185. The summed E-state index contributed by atoms with van der Waals surface area (Å²) in [4.78, 5) is 0. The van der Waals surface area contributed by atoms with E-state index in [0.717, 1.165) is 13.0 Å². The second kappa shape index (κ2) is 2.71. The highest BCUT2D eigenvalue weighted by molar-refractivity contribution is 4.94. The summed E-state index contributed by atoms with van der Waals surface area (Å²) in [6.07, 6.45) is 0.925. The highest BCUT2D eigenvalue weighted by Gasteiger charge is 2.47. The lowest BCUT2D eigenvalue weighted by molar-refractivity contribution is -0.160. The van der Waals surface area contributed by atoms with Crippen molar-refractivity contribution in [2.45, 2.75) is 18.2 Å². The molecule has 2 rings (SSSR count). The Morgan fingerprint density at radius 3 is 2.82 bits per heavy atom. The first-order chi connectivity index (χ1) is 5.37. The van der Waals surface area contributed by atoms with Gasteiger partial charge in [0.05, 0.1) is 19.3 Å². The normalized spacial score (nSPS) is 35.2. The maximum absolute atomic E-state index is 5.57. The first kappa shape index (κ1) is 7.49. The van der Waals surface area contributed by atoms with Crippen molar-refractivity contribution in [3.8, 4) is 0 Å². The molecule has 0 aromatic carbocycles. The van der Waals surface area contributed by atoms with Crippen LogP contribution < -0.4 is 11.1 Å². The first-order valence-corrected chi connectivity index (χ1v) is 4.09. The zero-order valence-electron chi connectivity index (χ0n) is 6.51. The monoisotopic (exact) mass is 158 g/mol. The molecule has 1 spiro atoms. The van der Waals surface area contributed by atoms with Gasteiger partial charge >= 0.3 is 0 Å². The molecule has 2 fully saturated rings. The van der Waals surface area contributed by atoms with Crippen LogP contribution in [-0.2, 0) is 9.47 Å². The van der Waals surface area contributed by atoms with Crippen molar-refractivity contribution in [1.82, 2.24) is 5.32 Å². The van der Waals surface area contributed by atoms with Gasteiger partial charge in [-0.15, -0.1) is 0 Å². The number of rotatable bonds is 1. The Labute approximate surface area is 66.0 Å². The maximum Gasteiger partial charge on any atom is 0.186 e. The van der Waals surface area contributed by atoms with Crippen LogP contribution in [0.4, 0.5) is 0 Å². The summed E-state index contributed by atoms with van der Waals surface area (Å²) in [5.74, 6) is -0.380. The van der Waals surface area contributed by atoms with E-state index in [1.807, 2.05) is 0 Å². The van der Waals surface area contributed by atoms with Gasteiger partial charge in [-0.05, 0) is 0 Å². The Morgan fingerprint density at radius 2 is 2.18 bits per heavy atom. The molecule has 4 nitrogen and oxygen atoms in total. The van der Waals surface area contributed by atoms with E-state index < -0.39 is 0 Å². The van der Waals surface area contributed by atoms with E-state index in [1.165, 1.54) is 0 Å². The Kier molecular flexibility index (Phi) is 1.85. The van der Waals surface area contributed by atoms with E-state index in [0.29, 0.717) is 19.8 Å². The number of hydrogen-bond acceptors (Lipinski definition) is 4. The Morgan fingerprint density at radius 1 is 1.45 bits per heavy atom. The van der Waals surface area contributed by atoms with Crippen molar-refractivity contribution >= 4 is 0 Å². The van der Waals surface area contributed by atoms with Gasteiger partial charge in [0, 0.05) is 19.5 Å². The molecule has 0 aliphatic carbocycles. The lowest BCUT2D eigenvalue weighted by Gasteiger charge is -2.27. The van der Waals surface area contributed by atoms with E-state index >= 15 is 0 Å². The van der Waals surface area contributed by atoms with Crippen molar-refractivity contribution in [2.75, 3.05) is 26.3 Å².